The van der Waals surface area contributed by atoms with Gasteiger partial charge < -0.3 is 10.5 Å². The SMILES string of the molecule is CCc1nn(CC)c(COCC2CCCCC2CN)c1Br. The molecule has 1 heterocycles. The van der Waals surface area contributed by atoms with E-state index in [1.807, 2.05) is 4.68 Å². The summed E-state index contributed by atoms with van der Waals surface area (Å²) in [5.74, 6) is 1.27. The molecule has 0 aliphatic heterocycles. The summed E-state index contributed by atoms with van der Waals surface area (Å²) in [5, 5.41) is 4.61. The highest BCUT2D eigenvalue weighted by Crippen LogP contribution is 2.30. The van der Waals surface area contributed by atoms with Crippen molar-refractivity contribution in [2.45, 2.75) is 59.1 Å². The van der Waals surface area contributed by atoms with Gasteiger partial charge in [-0.25, -0.2) is 0 Å². The maximum absolute atomic E-state index is 6.03. The molecule has 2 N–H and O–H groups in total. The molecule has 0 spiro atoms. The van der Waals surface area contributed by atoms with E-state index < -0.39 is 0 Å². The van der Waals surface area contributed by atoms with Crippen molar-refractivity contribution in [1.82, 2.24) is 9.78 Å². The predicted octanol–water partition coefficient (Wildman–Crippen LogP) is 3.51. The third kappa shape index (κ3) is 4.08. The lowest BCUT2D eigenvalue weighted by Gasteiger charge is -2.30. The van der Waals surface area contributed by atoms with E-state index in [2.05, 4.69) is 34.9 Å². The van der Waals surface area contributed by atoms with E-state index in [9.17, 15) is 0 Å². The van der Waals surface area contributed by atoms with Gasteiger partial charge >= 0.3 is 0 Å². The molecule has 4 nitrogen and oxygen atoms in total. The molecule has 21 heavy (non-hydrogen) atoms. The Kier molecular flexibility index (Phi) is 6.71. The van der Waals surface area contributed by atoms with Gasteiger partial charge in [0.1, 0.15) is 0 Å². The molecule has 0 amide bonds. The highest BCUT2D eigenvalue weighted by Gasteiger charge is 2.24. The summed E-state index contributed by atoms with van der Waals surface area (Å²) in [6.07, 6.45) is 6.11. The Labute approximate surface area is 136 Å². The van der Waals surface area contributed by atoms with Crippen molar-refractivity contribution < 1.29 is 4.74 Å². The first-order chi connectivity index (χ1) is 10.2. The van der Waals surface area contributed by atoms with E-state index in [4.69, 9.17) is 10.5 Å². The van der Waals surface area contributed by atoms with Crippen LogP contribution in [0, 0.1) is 11.8 Å². The average molecular weight is 358 g/mol. The van der Waals surface area contributed by atoms with Gasteiger partial charge in [0.05, 0.1) is 29.1 Å². The summed E-state index contributed by atoms with van der Waals surface area (Å²) in [6.45, 7) is 7.39. The summed E-state index contributed by atoms with van der Waals surface area (Å²) < 4.78 is 9.19. The molecule has 1 aliphatic carbocycles. The van der Waals surface area contributed by atoms with Gasteiger partial charge in [-0.15, -0.1) is 0 Å². The third-order valence-corrected chi connectivity index (χ3v) is 5.55. The first-order valence-electron chi connectivity index (χ1n) is 8.23. The molecular weight excluding hydrogens is 330 g/mol. The Bertz CT molecular complexity index is 447. The fraction of sp³-hybridized carbons (Fsp3) is 0.812. The molecule has 1 saturated carbocycles. The second-order valence-corrected chi connectivity index (χ2v) is 6.73. The van der Waals surface area contributed by atoms with Crippen molar-refractivity contribution in [3.05, 3.63) is 15.9 Å². The summed E-state index contributed by atoms with van der Waals surface area (Å²) in [6, 6.07) is 0. The third-order valence-electron chi connectivity index (χ3n) is 4.63. The minimum absolute atomic E-state index is 0.631. The van der Waals surface area contributed by atoms with Gasteiger partial charge in [-0.3, -0.25) is 4.68 Å². The number of hydrogen-bond donors (Lipinski definition) is 1. The summed E-state index contributed by atoms with van der Waals surface area (Å²) >= 11 is 3.67. The molecule has 120 valence electrons. The van der Waals surface area contributed by atoms with Crippen LogP contribution in [0.15, 0.2) is 4.47 Å². The zero-order chi connectivity index (χ0) is 15.2. The summed E-state index contributed by atoms with van der Waals surface area (Å²) in [7, 11) is 0. The molecule has 2 atom stereocenters. The first-order valence-corrected chi connectivity index (χ1v) is 9.02. The number of nitrogens with zero attached hydrogens (tertiary/aromatic N) is 2. The minimum Gasteiger partial charge on any atom is -0.375 e. The standard InChI is InChI=1S/C16H28BrN3O/c1-3-14-16(17)15(20(4-2)19-14)11-21-10-13-8-6-5-7-12(13)9-18/h12-13H,3-11,18H2,1-2H3. The first kappa shape index (κ1) is 17.0. The van der Waals surface area contributed by atoms with Crippen LogP contribution in [-0.4, -0.2) is 22.9 Å². The number of aryl methyl sites for hydroxylation is 2. The van der Waals surface area contributed by atoms with Crippen molar-refractivity contribution in [2.75, 3.05) is 13.2 Å². The number of aromatic nitrogens is 2. The van der Waals surface area contributed by atoms with Gasteiger partial charge in [0.25, 0.3) is 0 Å². The van der Waals surface area contributed by atoms with Crippen LogP contribution >= 0.6 is 15.9 Å². The van der Waals surface area contributed by atoms with Crippen molar-refractivity contribution in [1.29, 1.82) is 0 Å². The van der Waals surface area contributed by atoms with Crippen LogP contribution in [0.1, 0.15) is 50.9 Å². The number of hydrogen-bond acceptors (Lipinski definition) is 3. The zero-order valence-electron chi connectivity index (χ0n) is 13.3. The Morgan fingerprint density at radius 3 is 2.62 bits per heavy atom. The summed E-state index contributed by atoms with van der Waals surface area (Å²) in [4.78, 5) is 0. The smallest absolute Gasteiger partial charge is 0.0896 e. The quantitative estimate of drug-likeness (QED) is 0.812. The predicted molar refractivity (Wildman–Crippen MR) is 89.1 cm³/mol. The molecule has 0 saturated heterocycles. The summed E-state index contributed by atoms with van der Waals surface area (Å²) in [5.41, 5.74) is 8.17. The molecule has 0 radical (unpaired) electrons. The van der Waals surface area contributed by atoms with Gasteiger partial charge in [0, 0.05) is 6.54 Å². The van der Waals surface area contributed by atoms with Crippen molar-refractivity contribution >= 4 is 15.9 Å². The maximum Gasteiger partial charge on any atom is 0.0896 e. The number of nitrogens with two attached hydrogens (primary N) is 1. The molecule has 1 aromatic rings. The second kappa shape index (κ2) is 8.30. The van der Waals surface area contributed by atoms with Gasteiger partial charge in [0.2, 0.25) is 0 Å². The van der Waals surface area contributed by atoms with E-state index in [-0.39, 0.29) is 0 Å². The topological polar surface area (TPSA) is 53.1 Å². The van der Waals surface area contributed by atoms with Crippen molar-refractivity contribution in [2.24, 2.45) is 17.6 Å². The van der Waals surface area contributed by atoms with Gasteiger partial charge in [-0.05, 0) is 60.5 Å². The molecule has 5 heteroatoms. The van der Waals surface area contributed by atoms with Crippen LogP contribution in [-0.2, 0) is 24.3 Å². The Balaban J connectivity index is 1.92. The molecular formula is C16H28BrN3O. The molecule has 1 aliphatic rings. The highest BCUT2D eigenvalue weighted by atomic mass is 79.9. The van der Waals surface area contributed by atoms with E-state index in [1.54, 1.807) is 0 Å². The van der Waals surface area contributed by atoms with Crippen LogP contribution in [0.4, 0.5) is 0 Å². The van der Waals surface area contributed by atoms with Gasteiger partial charge in [-0.1, -0.05) is 19.8 Å². The molecule has 1 fully saturated rings. The molecule has 0 bridgehead atoms. The normalized spacial score (nSPS) is 22.7. The van der Waals surface area contributed by atoms with Gasteiger partial charge in [0.15, 0.2) is 0 Å². The van der Waals surface area contributed by atoms with Gasteiger partial charge in [-0.2, -0.15) is 5.10 Å². The molecule has 1 aromatic heterocycles. The number of halogens is 1. The monoisotopic (exact) mass is 357 g/mol. The Morgan fingerprint density at radius 2 is 2.00 bits per heavy atom. The number of ether oxygens (including phenoxy) is 1. The molecule has 2 unspecified atom stereocenters. The lowest BCUT2D eigenvalue weighted by atomic mass is 9.80. The van der Waals surface area contributed by atoms with Crippen LogP contribution < -0.4 is 5.73 Å². The lowest BCUT2D eigenvalue weighted by Crippen LogP contribution is -2.30. The second-order valence-electron chi connectivity index (χ2n) is 5.93. The number of rotatable bonds is 7. The Hall–Kier alpha value is -0.390. The highest BCUT2D eigenvalue weighted by molar-refractivity contribution is 9.10. The van der Waals surface area contributed by atoms with E-state index in [0.29, 0.717) is 18.4 Å². The van der Waals surface area contributed by atoms with E-state index in [0.717, 1.165) is 42.0 Å². The van der Waals surface area contributed by atoms with Crippen LogP contribution in [0.2, 0.25) is 0 Å². The molecule has 2 rings (SSSR count). The zero-order valence-corrected chi connectivity index (χ0v) is 14.9. The molecule has 0 aromatic carbocycles. The minimum atomic E-state index is 0.631. The van der Waals surface area contributed by atoms with Crippen LogP contribution in [0.5, 0.6) is 0 Å². The lowest BCUT2D eigenvalue weighted by molar-refractivity contribution is 0.0477. The van der Waals surface area contributed by atoms with Crippen LogP contribution in [0.3, 0.4) is 0 Å². The van der Waals surface area contributed by atoms with E-state index >= 15 is 0 Å². The van der Waals surface area contributed by atoms with Crippen molar-refractivity contribution in [3.63, 3.8) is 0 Å². The fourth-order valence-electron chi connectivity index (χ4n) is 3.28. The largest absolute Gasteiger partial charge is 0.375 e. The average Bonchev–Trinajstić information content (AvgIpc) is 2.83. The fourth-order valence-corrected chi connectivity index (χ4v) is 3.96. The van der Waals surface area contributed by atoms with Crippen molar-refractivity contribution in [3.8, 4) is 0 Å². The van der Waals surface area contributed by atoms with E-state index in [1.165, 1.54) is 25.7 Å². The maximum atomic E-state index is 6.03. The Morgan fingerprint density at radius 1 is 1.29 bits per heavy atom. The van der Waals surface area contributed by atoms with Crippen LogP contribution in [0.25, 0.3) is 0 Å².